The number of ether oxygens (including phenoxy) is 7. The SMILES string of the molecule is CCCCCCCCCCCCCOCCOCCOCCOCCOCCOCCOCC(=O)O. The smallest absolute Gasteiger partial charge is 0.329 e. The maximum absolute atomic E-state index is 10.2. The maximum Gasteiger partial charge on any atom is 0.329 e. The zero-order valence-electron chi connectivity index (χ0n) is 22.9. The quantitative estimate of drug-likeness (QED) is 0.128. The number of carboxylic acid groups (broad SMARTS) is 1. The number of carbonyl (C=O) groups is 1. The second kappa shape index (κ2) is 32.2. The molecule has 216 valence electrons. The van der Waals surface area contributed by atoms with E-state index in [0.29, 0.717) is 72.7 Å². The molecule has 0 radical (unpaired) electrons. The number of aliphatic carboxylic acids is 1. The molecule has 0 aromatic rings. The molecular weight excluding hydrogens is 468 g/mol. The summed E-state index contributed by atoms with van der Waals surface area (Å²) < 4.78 is 37.5. The minimum atomic E-state index is -0.984. The molecule has 0 rings (SSSR count). The van der Waals surface area contributed by atoms with Crippen molar-refractivity contribution in [1.82, 2.24) is 0 Å². The van der Waals surface area contributed by atoms with Gasteiger partial charge >= 0.3 is 5.97 Å². The van der Waals surface area contributed by atoms with Crippen molar-refractivity contribution in [2.75, 3.05) is 92.5 Å². The molecule has 0 aliphatic carbocycles. The third kappa shape index (κ3) is 33.2. The van der Waals surface area contributed by atoms with Crippen LogP contribution in [0.4, 0.5) is 0 Å². The van der Waals surface area contributed by atoms with Gasteiger partial charge in [-0.05, 0) is 6.42 Å². The van der Waals surface area contributed by atoms with Gasteiger partial charge in [-0.1, -0.05) is 71.1 Å². The molecule has 9 heteroatoms. The Bertz CT molecular complexity index is 424. The van der Waals surface area contributed by atoms with E-state index in [9.17, 15) is 4.79 Å². The van der Waals surface area contributed by atoms with E-state index in [1.54, 1.807) is 0 Å². The minimum Gasteiger partial charge on any atom is -0.480 e. The van der Waals surface area contributed by atoms with Gasteiger partial charge in [0.25, 0.3) is 0 Å². The molecule has 0 aliphatic rings. The van der Waals surface area contributed by atoms with Crippen LogP contribution in [0.5, 0.6) is 0 Å². The van der Waals surface area contributed by atoms with E-state index in [1.165, 1.54) is 64.2 Å². The number of hydrogen-bond donors (Lipinski definition) is 1. The van der Waals surface area contributed by atoms with Crippen LogP contribution in [-0.4, -0.2) is 104 Å². The van der Waals surface area contributed by atoms with Crippen molar-refractivity contribution in [3.8, 4) is 0 Å². The lowest BCUT2D eigenvalue weighted by Crippen LogP contribution is -2.15. The second-order valence-electron chi connectivity index (χ2n) is 8.66. The van der Waals surface area contributed by atoms with Crippen LogP contribution in [0.15, 0.2) is 0 Å². The normalized spacial score (nSPS) is 11.4. The molecule has 0 heterocycles. The monoisotopic (exact) mass is 522 g/mol. The molecule has 36 heavy (non-hydrogen) atoms. The topological polar surface area (TPSA) is 102 Å². The second-order valence-corrected chi connectivity index (χ2v) is 8.66. The molecule has 0 amide bonds. The molecule has 0 fully saturated rings. The Morgan fingerprint density at radius 2 is 0.694 bits per heavy atom. The first-order valence-corrected chi connectivity index (χ1v) is 14.0. The number of rotatable bonds is 32. The minimum absolute atomic E-state index is 0.258. The van der Waals surface area contributed by atoms with Crippen LogP contribution >= 0.6 is 0 Å². The molecule has 0 saturated heterocycles. The Kier molecular flexibility index (Phi) is 31.5. The Labute approximate surface area is 219 Å². The summed E-state index contributed by atoms with van der Waals surface area (Å²) >= 11 is 0. The van der Waals surface area contributed by atoms with Crippen molar-refractivity contribution in [3.05, 3.63) is 0 Å². The Hall–Kier alpha value is -0.810. The first-order valence-electron chi connectivity index (χ1n) is 14.0. The largest absolute Gasteiger partial charge is 0.480 e. The standard InChI is InChI=1S/C27H54O9/c1-2-3-4-5-6-7-8-9-10-11-12-13-30-14-15-31-16-17-32-18-19-33-20-21-34-22-23-35-24-25-36-26-27(28)29/h2-26H2,1H3,(H,28,29). The first kappa shape index (κ1) is 35.2. The molecule has 0 aromatic carbocycles. The number of carboxylic acids is 1. The van der Waals surface area contributed by atoms with Crippen LogP contribution < -0.4 is 0 Å². The molecule has 0 aromatic heterocycles. The van der Waals surface area contributed by atoms with Crippen LogP contribution in [0.3, 0.4) is 0 Å². The van der Waals surface area contributed by atoms with Gasteiger partial charge in [0, 0.05) is 6.61 Å². The van der Waals surface area contributed by atoms with Crippen molar-refractivity contribution in [3.63, 3.8) is 0 Å². The lowest BCUT2D eigenvalue weighted by molar-refractivity contribution is -0.142. The van der Waals surface area contributed by atoms with Gasteiger partial charge in [0.05, 0.1) is 79.3 Å². The summed E-state index contributed by atoms with van der Waals surface area (Å²) in [6, 6.07) is 0. The van der Waals surface area contributed by atoms with E-state index in [0.717, 1.165) is 13.0 Å². The number of hydrogen-bond acceptors (Lipinski definition) is 8. The van der Waals surface area contributed by atoms with Crippen LogP contribution in [-0.2, 0) is 38.0 Å². The lowest BCUT2D eigenvalue weighted by atomic mass is 10.1. The fourth-order valence-electron chi connectivity index (χ4n) is 3.35. The Balaban J connectivity index is 3.02. The van der Waals surface area contributed by atoms with Crippen molar-refractivity contribution >= 4 is 5.97 Å². The van der Waals surface area contributed by atoms with Crippen LogP contribution in [0.25, 0.3) is 0 Å². The third-order valence-corrected chi connectivity index (χ3v) is 5.35. The van der Waals surface area contributed by atoms with Gasteiger partial charge in [0.15, 0.2) is 0 Å². The number of unbranched alkanes of at least 4 members (excludes halogenated alkanes) is 10. The highest BCUT2D eigenvalue weighted by Crippen LogP contribution is 2.11. The summed E-state index contributed by atoms with van der Waals surface area (Å²) in [5, 5.41) is 8.41. The van der Waals surface area contributed by atoms with E-state index in [-0.39, 0.29) is 13.2 Å². The summed E-state index contributed by atoms with van der Waals surface area (Å²) in [4.78, 5) is 10.2. The summed E-state index contributed by atoms with van der Waals surface area (Å²) in [6.07, 6.45) is 14.8. The predicted molar refractivity (Wildman–Crippen MR) is 140 cm³/mol. The molecular formula is C27H54O9. The van der Waals surface area contributed by atoms with Gasteiger partial charge in [0.2, 0.25) is 0 Å². The Morgan fingerprint density at radius 3 is 1.03 bits per heavy atom. The third-order valence-electron chi connectivity index (χ3n) is 5.35. The average molecular weight is 523 g/mol. The van der Waals surface area contributed by atoms with Gasteiger partial charge in [-0.3, -0.25) is 0 Å². The molecule has 9 nitrogen and oxygen atoms in total. The van der Waals surface area contributed by atoms with Crippen LogP contribution in [0, 0.1) is 0 Å². The summed E-state index contributed by atoms with van der Waals surface area (Å²) in [6.45, 7) is 8.68. The van der Waals surface area contributed by atoms with Crippen molar-refractivity contribution < 1.29 is 43.1 Å². The van der Waals surface area contributed by atoms with Crippen molar-refractivity contribution in [2.24, 2.45) is 0 Å². The van der Waals surface area contributed by atoms with Crippen LogP contribution in [0.1, 0.15) is 77.6 Å². The predicted octanol–water partition coefficient (Wildman–Crippen LogP) is 4.50. The van der Waals surface area contributed by atoms with E-state index in [4.69, 9.17) is 38.3 Å². The molecule has 0 saturated carbocycles. The highest BCUT2D eigenvalue weighted by molar-refractivity contribution is 5.67. The zero-order chi connectivity index (χ0) is 26.2. The summed E-state index contributed by atoms with van der Waals surface area (Å²) in [7, 11) is 0. The summed E-state index contributed by atoms with van der Waals surface area (Å²) in [5.74, 6) is -0.984. The fourth-order valence-corrected chi connectivity index (χ4v) is 3.35. The highest BCUT2D eigenvalue weighted by Gasteiger charge is 1.97. The highest BCUT2D eigenvalue weighted by atomic mass is 16.6. The molecule has 0 spiro atoms. The van der Waals surface area contributed by atoms with Gasteiger partial charge in [-0.25, -0.2) is 4.79 Å². The molecule has 0 aliphatic heterocycles. The van der Waals surface area contributed by atoms with Gasteiger partial charge in [-0.2, -0.15) is 0 Å². The van der Waals surface area contributed by atoms with E-state index in [1.807, 2.05) is 0 Å². The summed E-state index contributed by atoms with van der Waals surface area (Å²) in [5.41, 5.74) is 0. The molecule has 0 bridgehead atoms. The van der Waals surface area contributed by atoms with Gasteiger partial charge in [0.1, 0.15) is 6.61 Å². The molecule has 0 atom stereocenters. The van der Waals surface area contributed by atoms with Crippen molar-refractivity contribution in [2.45, 2.75) is 77.6 Å². The first-order chi connectivity index (χ1) is 17.8. The zero-order valence-corrected chi connectivity index (χ0v) is 22.9. The van der Waals surface area contributed by atoms with Crippen LogP contribution in [0.2, 0.25) is 0 Å². The molecule has 1 N–H and O–H groups in total. The lowest BCUT2D eigenvalue weighted by Gasteiger charge is -2.08. The molecule has 0 unspecified atom stereocenters. The fraction of sp³-hybridized carbons (Fsp3) is 0.963. The average Bonchev–Trinajstić information content (AvgIpc) is 2.87. The van der Waals surface area contributed by atoms with Gasteiger partial charge in [-0.15, -0.1) is 0 Å². The Morgan fingerprint density at radius 1 is 0.417 bits per heavy atom. The van der Waals surface area contributed by atoms with E-state index < -0.39 is 5.97 Å². The van der Waals surface area contributed by atoms with Crippen molar-refractivity contribution in [1.29, 1.82) is 0 Å². The van der Waals surface area contributed by atoms with Gasteiger partial charge < -0.3 is 38.3 Å². The maximum atomic E-state index is 10.2. The van der Waals surface area contributed by atoms with E-state index in [2.05, 4.69) is 6.92 Å². The van der Waals surface area contributed by atoms with E-state index >= 15 is 0 Å².